The normalized spacial score (nSPS) is 11.6. The largest absolute Gasteiger partial charge is 0.496 e. The van der Waals surface area contributed by atoms with Crippen molar-refractivity contribution in [2.45, 2.75) is 27.2 Å². The summed E-state index contributed by atoms with van der Waals surface area (Å²) < 4.78 is 9.56. The van der Waals surface area contributed by atoms with Crippen molar-refractivity contribution in [2.75, 3.05) is 6.61 Å². The first-order valence-corrected chi connectivity index (χ1v) is 4.56. The Morgan fingerprint density at radius 3 is 2.62 bits per heavy atom. The minimum atomic E-state index is -0.450. The molecule has 0 radical (unpaired) electrons. The summed E-state index contributed by atoms with van der Waals surface area (Å²) in [5, 5.41) is -0.0312. The number of rotatable bonds is 5. The molecule has 0 aromatic heterocycles. The maximum atomic E-state index is 10.4. The van der Waals surface area contributed by atoms with Crippen LogP contribution in [0.3, 0.4) is 0 Å². The predicted octanol–water partition coefficient (Wildman–Crippen LogP) is 2.65. The van der Waals surface area contributed by atoms with Gasteiger partial charge in [-0.25, -0.2) is 0 Å². The molecule has 0 bridgehead atoms. The Morgan fingerprint density at radius 2 is 2.15 bits per heavy atom. The van der Waals surface area contributed by atoms with Crippen LogP contribution in [-0.2, 0) is 14.3 Å². The van der Waals surface area contributed by atoms with Crippen molar-refractivity contribution in [2.24, 2.45) is 5.92 Å². The monoisotopic (exact) mass is 206 g/mol. The number of halogens is 1. The quantitative estimate of drug-likeness (QED) is 0.394. The first-order valence-electron chi connectivity index (χ1n) is 4.18. The van der Waals surface area contributed by atoms with Gasteiger partial charge in [0.2, 0.25) is 5.22 Å². The molecule has 0 atom stereocenters. The summed E-state index contributed by atoms with van der Waals surface area (Å²) >= 11 is 5.48. The Labute approximate surface area is 83.7 Å². The molecule has 0 rings (SSSR count). The van der Waals surface area contributed by atoms with Gasteiger partial charge in [-0.1, -0.05) is 13.8 Å². The van der Waals surface area contributed by atoms with Crippen LogP contribution in [-0.4, -0.2) is 12.6 Å². The lowest BCUT2D eigenvalue weighted by Gasteiger charge is -2.04. The van der Waals surface area contributed by atoms with Gasteiger partial charge in [-0.3, -0.25) is 4.79 Å². The van der Waals surface area contributed by atoms with Crippen molar-refractivity contribution in [1.82, 2.24) is 0 Å². The van der Waals surface area contributed by atoms with Gasteiger partial charge in [-0.2, -0.15) is 0 Å². The van der Waals surface area contributed by atoms with Crippen LogP contribution in [0.1, 0.15) is 27.2 Å². The Bertz CT molecular complexity index is 187. The topological polar surface area (TPSA) is 35.5 Å². The molecule has 0 aromatic rings. The Morgan fingerprint density at radius 1 is 1.54 bits per heavy atom. The number of ether oxygens (including phenoxy) is 2. The zero-order valence-electron chi connectivity index (χ0n) is 8.17. The maximum absolute atomic E-state index is 10.4. The predicted molar refractivity (Wildman–Crippen MR) is 51.1 cm³/mol. The van der Waals surface area contributed by atoms with Gasteiger partial charge >= 0.3 is 5.97 Å². The van der Waals surface area contributed by atoms with E-state index in [0.29, 0.717) is 12.5 Å². The summed E-state index contributed by atoms with van der Waals surface area (Å²) in [5.41, 5.74) is 0. The molecule has 0 amide bonds. The van der Waals surface area contributed by atoms with Gasteiger partial charge in [0.05, 0.1) is 6.61 Å². The SMILES string of the molecule is CC(=O)O/C(Cl)=C/OCCC(C)C. The van der Waals surface area contributed by atoms with Crippen molar-refractivity contribution in [3.05, 3.63) is 11.5 Å². The fraction of sp³-hybridized carbons (Fsp3) is 0.667. The van der Waals surface area contributed by atoms with Gasteiger partial charge in [0.15, 0.2) is 0 Å². The number of carbonyl (C=O) groups excluding carboxylic acids is 1. The van der Waals surface area contributed by atoms with E-state index >= 15 is 0 Å². The third-order valence-electron chi connectivity index (χ3n) is 1.23. The standard InChI is InChI=1S/C9H15ClO3/c1-7(2)4-5-12-6-9(10)13-8(3)11/h6-7H,4-5H2,1-3H3/b9-6+. The molecule has 0 unspecified atom stereocenters. The van der Waals surface area contributed by atoms with Crippen LogP contribution < -0.4 is 0 Å². The molecular formula is C9H15ClO3. The van der Waals surface area contributed by atoms with E-state index < -0.39 is 5.97 Å². The summed E-state index contributed by atoms with van der Waals surface area (Å²) in [4.78, 5) is 10.4. The lowest BCUT2D eigenvalue weighted by molar-refractivity contribution is -0.136. The fourth-order valence-corrected chi connectivity index (χ4v) is 0.761. The van der Waals surface area contributed by atoms with Crippen LogP contribution in [0, 0.1) is 5.92 Å². The molecule has 76 valence electrons. The van der Waals surface area contributed by atoms with E-state index in [1.165, 1.54) is 13.2 Å². The Kier molecular flexibility index (Phi) is 6.41. The molecule has 0 aromatic carbocycles. The van der Waals surface area contributed by atoms with Crippen molar-refractivity contribution in [3.63, 3.8) is 0 Å². The van der Waals surface area contributed by atoms with E-state index in [1.807, 2.05) is 0 Å². The van der Waals surface area contributed by atoms with Crippen LogP contribution >= 0.6 is 11.6 Å². The summed E-state index contributed by atoms with van der Waals surface area (Å²) in [6.45, 7) is 6.06. The molecule has 13 heavy (non-hydrogen) atoms. The molecular weight excluding hydrogens is 192 g/mol. The number of hydrogen-bond donors (Lipinski definition) is 0. The second-order valence-electron chi connectivity index (χ2n) is 3.07. The highest BCUT2D eigenvalue weighted by Crippen LogP contribution is 2.05. The van der Waals surface area contributed by atoms with Gasteiger partial charge in [0.25, 0.3) is 0 Å². The molecule has 3 nitrogen and oxygen atoms in total. The zero-order chi connectivity index (χ0) is 10.3. The van der Waals surface area contributed by atoms with Gasteiger partial charge in [-0.05, 0) is 23.9 Å². The fourth-order valence-electron chi connectivity index (χ4n) is 0.590. The molecule has 0 spiro atoms. The van der Waals surface area contributed by atoms with Crippen molar-refractivity contribution >= 4 is 17.6 Å². The van der Waals surface area contributed by atoms with Crippen LogP contribution in [0.15, 0.2) is 11.5 Å². The summed E-state index contributed by atoms with van der Waals surface area (Å²) in [5.74, 6) is 0.134. The summed E-state index contributed by atoms with van der Waals surface area (Å²) in [7, 11) is 0. The van der Waals surface area contributed by atoms with Gasteiger partial charge < -0.3 is 9.47 Å². The second kappa shape index (κ2) is 6.78. The third kappa shape index (κ3) is 9.21. The third-order valence-corrected chi connectivity index (χ3v) is 1.40. The maximum Gasteiger partial charge on any atom is 0.308 e. The highest BCUT2D eigenvalue weighted by molar-refractivity contribution is 6.28. The van der Waals surface area contributed by atoms with Gasteiger partial charge in [0.1, 0.15) is 6.26 Å². The molecule has 0 saturated heterocycles. The minimum absolute atomic E-state index is 0.0312. The lowest BCUT2D eigenvalue weighted by Crippen LogP contribution is -1.97. The van der Waals surface area contributed by atoms with E-state index in [1.54, 1.807) is 0 Å². The Hall–Kier alpha value is -0.700. The molecule has 4 heteroatoms. The highest BCUT2D eigenvalue weighted by Gasteiger charge is 1.98. The van der Waals surface area contributed by atoms with Crippen LogP contribution in [0.4, 0.5) is 0 Å². The zero-order valence-corrected chi connectivity index (χ0v) is 8.93. The molecule has 0 fully saturated rings. The molecule has 0 saturated carbocycles. The second-order valence-corrected chi connectivity index (χ2v) is 3.44. The first kappa shape index (κ1) is 12.3. The van der Waals surface area contributed by atoms with Crippen molar-refractivity contribution in [3.8, 4) is 0 Å². The average molecular weight is 207 g/mol. The van der Waals surface area contributed by atoms with E-state index in [2.05, 4.69) is 18.6 Å². The lowest BCUT2D eigenvalue weighted by atomic mass is 10.1. The average Bonchev–Trinajstić information content (AvgIpc) is 1.96. The molecule has 0 aliphatic rings. The van der Waals surface area contributed by atoms with Gasteiger partial charge in [0, 0.05) is 6.92 Å². The number of esters is 1. The number of carbonyl (C=O) groups is 1. The van der Waals surface area contributed by atoms with Crippen LogP contribution in [0.25, 0.3) is 0 Å². The van der Waals surface area contributed by atoms with Crippen LogP contribution in [0.2, 0.25) is 0 Å². The van der Waals surface area contributed by atoms with E-state index in [-0.39, 0.29) is 5.22 Å². The smallest absolute Gasteiger partial charge is 0.308 e. The molecule has 0 N–H and O–H groups in total. The molecule has 0 aliphatic carbocycles. The first-order chi connectivity index (χ1) is 6.02. The molecule has 0 aliphatic heterocycles. The van der Waals surface area contributed by atoms with E-state index in [0.717, 1.165) is 6.42 Å². The van der Waals surface area contributed by atoms with Crippen molar-refractivity contribution < 1.29 is 14.3 Å². The molecule has 0 heterocycles. The van der Waals surface area contributed by atoms with Crippen LogP contribution in [0.5, 0.6) is 0 Å². The number of hydrogen-bond acceptors (Lipinski definition) is 3. The van der Waals surface area contributed by atoms with Crippen molar-refractivity contribution in [1.29, 1.82) is 0 Å². The summed E-state index contributed by atoms with van der Waals surface area (Å²) in [6, 6.07) is 0. The summed E-state index contributed by atoms with van der Waals surface area (Å²) in [6.07, 6.45) is 2.19. The minimum Gasteiger partial charge on any atom is -0.496 e. The highest BCUT2D eigenvalue weighted by atomic mass is 35.5. The van der Waals surface area contributed by atoms with E-state index in [9.17, 15) is 4.79 Å². The van der Waals surface area contributed by atoms with E-state index in [4.69, 9.17) is 16.3 Å². The van der Waals surface area contributed by atoms with Gasteiger partial charge in [-0.15, -0.1) is 0 Å². The Balaban J connectivity index is 3.53.